The van der Waals surface area contributed by atoms with E-state index in [4.69, 9.17) is 15.2 Å². The first kappa shape index (κ1) is 18.1. The van der Waals surface area contributed by atoms with E-state index >= 15 is 0 Å². The molecule has 0 saturated carbocycles. The summed E-state index contributed by atoms with van der Waals surface area (Å²) in [6.07, 6.45) is 3.59. The van der Waals surface area contributed by atoms with Crippen LogP contribution in [-0.4, -0.2) is 68.1 Å². The van der Waals surface area contributed by atoms with Gasteiger partial charge in [-0.2, -0.15) is 0 Å². The van der Waals surface area contributed by atoms with Crippen LogP contribution in [0.3, 0.4) is 0 Å². The summed E-state index contributed by atoms with van der Waals surface area (Å²) >= 11 is 0. The molecule has 2 fully saturated rings. The molecule has 0 unspecified atom stereocenters. The van der Waals surface area contributed by atoms with Gasteiger partial charge >= 0.3 is 0 Å². The minimum atomic E-state index is -3.53. The van der Waals surface area contributed by atoms with Crippen LogP contribution in [0.15, 0.2) is 29.4 Å². The monoisotopic (exact) mass is 391 g/mol. The molecular weight excluding hydrogens is 370 g/mol. The van der Waals surface area contributed by atoms with E-state index in [1.807, 2.05) is 4.90 Å². The SMILES string of the molecule is Nc1ncc(-c2cc(S(=O)(=O)[C@@H]3CCOC3)cc(N3CCOCC3)n2)cn1. The molecule has 4 rings (SSSR count). The maximum absolute atomic E-state index is 13.1. The van der Waals surface area contributed by atoms with Gasteiger partial charge in [0, 0.05) is 37.7 Å². The first-order valence-corrected chi connectivity index (χ1v) is 10.3. The summed E-state index contributed by atoms with van der Waals surface area (Å²) in [5.74, 6) is 0.754. The first-order valence-electron chi connectivity index (χ1n) is 8.78. The molecule has 27 heavy (non-hydrogen) atoms. The standard InChI is InChI=1S/C17H21N5O4S/c18-17-19-9-12(10-20-17)15-7-14(27(23,24)13-1-4-26-11-13)8-16(21-15)22-2-5-25-6-3-22/h7-10,13H,1-6,11H2,(H2,18,19,20)/t13-/m1/s1. The highest BCUT2D eigenvalue weighted by molar-refractivity contribution is 7.92. The highest BCUT2D eigenvalue weighted by Crippen LogP contribution is 2.29. The van der Waals surface area contributed by atoms with E-state index in [0.29, 0.717) is 56.4 Å². The molecule has 2 saturated heterocycles. The molecule has 1 atom stereocenters. The van der Waals surface area contributed by atoms with Gasteiger partial charge in [0.05, 0.1) is 35.7 Å². The zero-order valence-corrected chi connectivity index (χ0v) is 15.6. The van der Waals surface area contributed by atoms with Gasteiger partial charge < -0.3 is 20.1 Å². The van der Waals surface area contributed by atoms with Crippen LogP contribution in [0.4, 0.5) is 11.8 Å². The van der Waals surface area contributed by atoms with Crippen LogP contribution < -0.4 is 10.6 Å². The van der Waals surface area contributed by atoms with Gasteiger partial charge in [0.15, 0.2) is 9.84 Å². The smallest absolute Gasteiger partial charge is 0.219 e. The lowest BCUT2D eigenvalue weighted by Crippen LogP contribution is -2.37. The molecule has 0 radical (unpaired) electrons. The number of anilines is 2. The maximum Gasteiger partial charge on any atom is 0.219 e. The van der Waals surface area contributed by atoms with Crippen LogP contribution in [0.2, 0.25) is 0 Å². The topological polar surface area (TPSA) is 121 Å². The Bertz CT molecular complexity index is 907. The lowest BCUT2D eigenvalue weighted by Gasteiger charge is -2.28. The molecule has 0 amide bonds. The molecule has 2 aromatic rings. The van der Waals surface area contributed by atoms with Gasteiger partial charge in [0.25, 0.3) is 0 Å². The van der Waals surface area contributed by atoms with E-state index in [0.717, 1.165) is 0 Å². The Hall–Kier alpha value is -2.30. The number of ether oxygens (including phenoxy) is 2. The van der Waals surface area contributed by atoms with Crippen molar-refractivity contribution in [3.8, 4) is 11.3 Å². The summed E-state index contributed by atoms with van der Waals surface area (Å²) in [6, 6.07) is 3.22. The molecule has 4 heterocycles. The Balaban J connectivity index is 1.79. The largest absolute Gasteiger partial charge is 0.380 e. The molecule has 10 heteroatoms. The second-order valence-corrected chi connectivity index (χ2v) is 8.73. The fraction of sp³-hybridized carbons (Fsp3) is 0.471. The summed E-state index contributed by atoms with van der Waals surface area (Å²) in [5.41, 5.74) is 6.67. The van der Waals surface area contributed by atoms with Crippen molar-refractivity contribution >= 4 is 21.6 Å². The maximum atomic E-state index is 13.1. The molecule has 0 spiro atoms. The van der Waals surface area contributed by atoms with Gasteiger partial charge in [-0.1, -0.05) is 0 Å². The van der Waals surface area contributed by atoms with Gasteiger partial charge in [0.1, 0.15) is 5.82 Å². The van der Waals surface area contributed by atoms with Crippen LogP contribution in [0.25, 0.3) is 11.3 Å². The molecule has 0 aliphatic carbocycles. The molecule has 2 N–H and O–H groups in total. The number of nitrogens with two attached hydrogens (primary N) is 1. The summed E-state index contributed by atoms with van der Waals surface area (Å²) in [5, 5.41) is -0.534. The second kappa shape index (κ2) is 7.37. The minimum absolute atomic E-state index is 0.152. The third kappa shape index (κ3) is 3.73. The Kier molecular flexibility index (Phi) is 4.94. The molecule has 144 valence electrons. The average molecular weight is 391 g/mol. The van der Waals surface area contributed by atoms with Crippen molar-refractivity contribution in [3.63, 3.8) is 0 Å². The third-order valence-electron chi connectivity index (χ3n) is 4.74. The van der Waals surface area contributed by atoms with E-state index in [1.165, 1.54) is 0 Å². The van der Waals surface area contributed by atoms with Gasteiger partial charge in [-0.15, -0.1) is 0 Å². The van der Waals surface area contributed by atoms with Gasteiger partial charge in [-0.25, -0.2) is 23.4 Å². The number of hydrogen-bond donors (Lipinski definition) is 1. The molecule has 0 bridgehead atoms. The highest BCUT2D eigenvalue weighted by atomic mass is 32.2. The molecule has 2 aliphatic heterocycles. The number of pyridine rings is 1. The number of rotatable bonds is 4. The van der Waals surface area contributed by atoms with Crippen molar-refractivity contribution in [3.05, 3.63) is 24.5 Å². The fourth-order valence-corrected chi connectivity index (χ4v) is 4.79. The average Bonchev–Trinajstić information content (AvgIpc) is 3.25. The van der Waals surface area contributed by atoms with E-state index in [-0.39, 0.29) is 17.5 Å². The lowest BCUT2D eigenvalue weighted by molar-refractivity contribution is 0.122. The molecule has 0 aromatic carbocycles. The number of sulfone groups is 1. The summed E-state index contributed by atoms with van der Waals surface area (Å²) in [7, 11) is -3.53. The Morgan fingerprint density at radius 3 is 2.48 bits per heavy atom. The number of hydrogen-bond acceptors (Lipinski definition) is 9. The van der Waals surface area contributed by atoms with E-state index in [9.17, 15) is 8.42 Å². The molecular formula is C17H21N5O4S. The Labute approximate surface area is 157 Å². The predicted molar refractivity (Wildman–Crippen MR) is 99.1 cm³/mol. The van der Waals surface area contributed by atoms with Gasteiger partial charge in [-0.05, 0) is 18.6 Å². The lowest BCUT2D eigenvalue weighted by atomic mass is 10.2. The van der Waals surface area contributed by atoms with Crippen molar-refractivity contribution in [2.75, 3.05) is 50.2 Å². The Morgan fingerprint density at radius 2 is 1.81 bits per heavy atom. The Morgan fingerprint density at radius 1 is 1.07 bits per heavy atom. The van der Waals surface area contributed by atoms with Crippen LogP contribution in [-0.2, 0) is 19.3 Å². The quantitative estimate of drug-likeness (QED) is 0.795. The van der Waals surface area contributed by atoms with Gasteiger partial charge in [-0.3, -0.25) is 0 Å². The van der Waals surface area contributed by atoms with Crippen molar-refractivity contribution in [2.45, 2.75) is 16.6 Å². The molecule has 2 aromatic heterocycles. The second-order valence-electron chi connectivity index (χ2n) is 6.51. The summed E-state index contributed by atoms with van der Waals surface area (Å²) in [4.78, 5) is 14.9. The predicted octanol–water partition coefficient (Wildman–Crippen LogP) is 0.520. The van der Waals surface area contributed by atoms with E-state index in [2.05, 4.69) is 15.0 Å². The number of aromatic nitrogens is 3. The van der Waals surface area contributed by atoms with Crippen LogP contribution in [0.1, 0.15) is 6.42 Å². The van der Waals surface area contributed by atoms with Crippen LogP contribution in [0.5, 0.6) is 0 Å². The molecule has 9 nitrogen and oxygen atoms in total. The molecule has 2 aliphatic rings. The van der Waals surface area contributed by atoms with E-state index in [1.54, 1.807) is 24.5 Å². The van der Waals surface area contributed by atoms with Crippen molar-refractivity contribution in [1.82, 2.24) is 15.0 Å². The van der Waals surface area contributed by atoms with Gasteiger partial charge in [0.2, 0.25) is 5.95 Å². The number of nitrogen functional groups attached to an aromatic ring is 1. The summed E-state index contributed by atoms with van der Waals surface area (Å²) in [6.45, 7) is 3.15. The van der Waals surface area contributed by atoms with Crippen molar-refractivity contribution in [1.29, 1.82) is 0 Å². The fourth-order valence-electron chi connectivity index (χ4n) is 3.18. The number of nitrogens with zero attached hydrogens (tertiary/aromatic N) is 4. The van der Waals surface area contributed by atoms with Crippen LogP contribution >= 0.6 is 0 Å². The third-order valence-corrected chi connectivity index (χ3v) is 6.89. The first-order chi connectivity index (χ1) is 13.0. The zero-order valence-electron chi connectivity index (χ0n) is 14.7. The minimum Gasteiger partial charge on any atom is -0.380 e. The summed E-state index contributed by atoms with van der Waals surface area (Å²) < 4.78 is 36.9. The van der Waals surface area contributed by atoms with E-state index < -0.39 is 15.1 Å². The van der Waals surface area contributed by atoms with Crippen molar-refractivity contribution < 1.29 is 17.9 Å². The zero-order chi connectivity index (χ0) is 18.9. The van der Waals surface area contributed by atoms with Crippen LogP contribution in [0, 0.1) is 0 Å². The number of morpholine rings is 1. The highest BCUT2D eigenvalue weighted by Gasteiger charge is 2.32. The normalized spacial score (nSPS) is 20.7. The van der Waals surface area contributed by atoms with Crippen molar-refractivity contribution in [2.24, 2.45) is 0 Å².